The smallest absolute Gasteiger partial charge is 0.322 e. The normalized spacial score (nSPS) is 30.6. The van der Waals surface area contributed by atoms with E-state index in [1.54, 1.807) is 62.9 Å². The van der Waals surface area contributed by atoms with E-state index >= 15 is 0 Å². The number of methoxy groups -OCH3 is 2. The fourth-order valence-corrected chi connectivity index (χ4v) is 5.61. The zero-order valence-corrected chi connectivity index (χ0v) is 18.5. The number of hydrogen-bond donors (Lipinski definition) is 0. The Morgan fingerprint density at radius 1 is 0.875 bits per heavy atom. The van der Waals surface area contributed by atoms with Crippen molar-refractivity contribution >= 4 is 17.7 Å². The van der Waals surface area contributed by atoms with Crippen molar-refractivity contribution in [2.24, 2.45) is 10.8 Å². The van der Waals surface area contributed by atoms with Gasteiger partial charge in [0, 0.05) is 25.5 Å². The Kier molecular flexibility index (Phi) is 5.56. The molecule has 0 saturated carbocycles. The van der Waals surface area contributed by atoms with E-state index in [2.05, 4.69) is 9.97 Å². The number of Topliss-reactive ketones (excluding diaryl/α,β-unsaturated/α-hetero) is 1. The van der Waals surface area contributed by atoms with Crippen molar-refractivity contribution in [2.45, 2.75) is 12.1 Å². The number of rotatable bonds is 4. The van der Waals surface area contributed by atoms with Crippen LogP contribution in [0.1, 0.15) is 23.5 Å². The van der Waals surface area contributed by atoms with E-state index in [1.807, 2.05) is 9.80 Å². The van der Waals surface area contributed by atoms with Crippen molar-refractivity contribution in [1.82, 2.24) is 19.8 Å². The molecule has 0 radical (unpaired) electrons. The number of nitrogens with zero attached hydrogens (tertiary/aromatic N) is 4. The van der Waals surface area contributed by atoms with Crippen LogP contribution < -0.4 is 0 Å². The van der Waals surface area contributed by atoms with Gasteiger partial charge in [0.05, 0.1) is 37.7 Å². The molecule has 2 saturated heterocycles. The highest BCUT2D eigenvalue weighted by Crippen LogP contribution is 2.59. The standard InChI is InChI=1S/C23H26N4O5/c1-26-13-22(20(29)31-3)17(15-9-5-7-11-24-15)27(2)18(16-10-6-8-12-25-16)23(14-26,19(22)28)21(30)32-4/h5-12,17-18H,13-14H2,1-4H3/t17-,18+,22-,23+. The minimum atomic E-state index is -1.68. The molecule has 2 aromatic rings. The number of piperidine rings is 2. The second kappa shape index (κ2) is 8.07. The third kappa shape index (κ3) is 2.88. The van der Waals surface area contributed by atoms with Gasteiger partial charge in [-0.1, -0.05) is 12.1 Å². The average molecular weight is 438 g/mol. The van der Waals surface area contributed by atoms with Crippen LogP contribution in [0.4, 0.5) is 0 Å². The first-order valence-electron chi connectivity index (χ1n) is 10.3. The Balaban J connectivity index is 2.07. The highest BCUT2D eigenvalue weighted by Gasteiger charge is 2.75. The summed E-state index contributed by atoms with van der Waals surface area (Å²) in [5, 5.41) is 0. The monoisotopic (exact) mass is 438 g/mol. The molecule has 4 atom stereocenters. The molecule has 2 aliphatic rings. The lowest BCUT2D eigenvalue weighted by Gasteiger charge is -2.60. The summed E-state index contributed by atoms with van der Waals surface area (Å²) in [6.07, 6.45) is 3.23. The summed E-state index contributed by atoms with van der Waals surface area (Å²) < 4.78 is 10.4. The van der Waals surface area contributed by atoms with Crippen LogP contribution in [0.3, 0.4) is 0 Å². The number of fused-ring (bicyclic) bond motifs is 2. The van der Waals surface area contributed by atoms with Crippen molar-refractivity contribution < 1.29 is 23.9 Å². The summed E-state index contributed by atoms with van der Waals surface area (Å²) in [5.74, 6) is -1.93. The second-order valence-electron chi connectivity index (χ2n) is 8.41. The van der Waals surface area contributed by atoms with Crippen LogP contribution in [0, 0.1) is 10.8 Å². The second-order valence-corrected chi connectivity index (χ2v) is 8.41. The van der Waals surface area contributed by atoms with E-state index in [0.717, 1.165) is 0 Å². The van der Waals surface area contributed by atoms with Gasteiger partial charge in [-0.15, -0.1) is 0 Å². The largest absolute Gasteiger partial charge is 0.468 e. The first-order chi connectivity index (χ1) is 15.3. The van der Waals surface area contributed by atoms with Gasteiger partial charge in [0.1, 0.15) is 0 Å². The van der Waals surface area contributed by atoms with E-state index in [-0.39, 0.29) is 13.1 Å². The van der Waals surface area contributed by atoms with Crippen LogP contribution in [-0.4, -0.2) is 78.9 Å². The molecular weight excluding hydrogens is 412 g/mol. The minimum Gasteiger partial charge on any atom is -0.468 e. The highest BCUT2D eigenvalue weighted by atomic mass is 16.5. The Labute approximate surface area is 186 Å². The number of likely N-dealkylation sites (tertiary alicyclic amines) is 2. The van der Waals surface area contributed by atoms with Gasteiger partial charge in [0.15, 0.2) is 16.6 Å². The molecule has 4 rings (SSSR count). The quantitative estimate of drug-likeness (QED) is 0.512. The van der Waals surface area contributed by atoms with Gasteiger partial charge in [-0.05, 0) is 38.4 Å². The first-order valence-corrected chi connectivity index (χ1v) is 10.3. The van der Waals surface area contributed by atoms with Gasteiger partial charge in [-0.3, -0.25) is 29.3 Å². The molecule has 0 aliphatic carbocycles. The molecule has 0 unspecified atom stereocenters. The van der Waals surface area contributed by atoms with Gasteiger partial charge >= 0.3 is 11.9 Å². The fraction of sp³-hybridized carbons (Fsp3) is 0.435. The van der Waals surface area contributed by atoms with Crippen molar-refractivity contribution in [3.63, 3.8) is 0 Å². The average Bonchev–Trinajstić information content (AvgIpc) is 2.81. The van der Waals surface area contributed by atoms with Gasteiger partial charge in [-0.25, -0.2) is 0 Å². The summed E-state index contributed by atoms with van der Waals surface area (Å²) >= 11 is 0. The van der Waals surface area contributed by atoms with Crippen LogP contribution in [0.25, 0.3) is 0 Å². The molecule has 32 heavy (non-hydrogen) atoms. The molecule has 0 spiro atoms. The van der Waals surface area contributed by atoms with Crippen LogP contribution in [-0.2, 0) is 23.9 Å². The molecule has 2 fully saturated rings. The number of carbonyl (C=O) groups excluding carboxylic acids is 3. The van der Waals surface area contributed by atoms with Crippen LogP contribution in [0.2, 0.25) is 0 Å². The predicted molar refractivity (Wildman–Crippen MR) is 113 cm³/mol. The van der Waals surface area contributed by atoms with Crippen molar-refractivity contribution in [1.29, 1.82) is 0 Å². The number of aromatic nitrogens is 2. The zero-order chi connectivity index (χ0) is 23.1. The van der Waals surface area contributed by atoms with Gasteiger partial charge in [-0.2, -0.15) is 0 Å². The SMILES string of the molecule is COC(=O)[C@]12CN(C)C[C@](C(=O)OC)(C1=O)[C@@H](c1ccccn1)N(C)[C@H]2c1ccccn1. The molecule has 0 N–H and O–H groups in total. The van der Waals surface area contributed by atoms with Crippen molar-refractivity contribution in [3.05, 3.63) is 60.2 Å². The lowest BCUT2D eigenvalue weighted by Crippen LogP contribution is -2.75. The third-order valence-corrected chi connectivity index (χ3v) is 6.63. The Morgan fingerprint density at radius 2 is 1.31 bits per heavy atom. The van der Waals surface area contributed by atoms with Gasteiger partial charge < -0.3 is 14.4 Å². The van der Waals surface area contributed by atoms with E-state index in [9.17, 15) is 14.4 Å². The number of ketones is 1. The zero-order valence-electron chi connectivity index (χ0n) is 18.5. The molecule has 9 nitrogen and oxygen atoms in total. The van der Waals surface area contributed by atoms with Crippen molar-refractivity contribution in [2.75, 3.05) is 41.4 Å². The van der Waals surface area contributed by atoms with E-state index in [4.69, 9.17) is 9.47 Å². The molecule has 168 valence electrons. The minimum absolute atomic E-state index is 0.0811. The van der Waals surface area contributed by atoms with Crippen LogP contribution in [0.5, 0.6) is 0 Å². The maximum atomic E-state index is 14.4. The number of carbonyl (C=O) groups is 3. The molecule has 9 heteroatoms. The lowest BCUT2D eigenvalue weighted by atomic mass is 9.54. The molecule has 4 heterocycles. The molecule has 0 aromatic carbocycles. The van der Waals surface area contributed by atoms with Gasteiger partial charge in [0.2, 0.25) is 0 Å². The Morgan fingerprint density at radius 3 is 1.66 bits per heavy atom. The summed E-state index contributed by atoms with van der Waals surface area (Å²) in [6.45, 7) is 0.162. The Hall–Kier alpha value is -3.17. The summed E-state index contributed by atoms with van der Waals surface area (Å²) in [7, 11) is 6.06. The topological polar surface area (TPSA) is 102 Å². The fourth-order valence-electron chi connectivity index (χ4n) is 5.61. The first kappa shape index (κ1) is 22.0. The maximum Gasteiger partial charge on any atom is 0.322 e. The predicted octanol–water partition coefficient (Wildman–Crippen LogP) is 1.04. The summed E-state index contributed by atoms with van der Waals surface area (Å²) in [5.41, 5.74) is -2.29. The molecular formula is C23H26N4O5. The van der Waals surface area contributed by atoms with E-state index < -0.39 is 40.6 Å². The van der Waals surface area contributed by atoms with Crippen molar-refractivity contribution in [3.8, 4) is 0 Å². The summed E-state index contributed by atoms with van der Waals surface area (Å²) in [6, 6.07) is 9.11. The summed E-state index contributed by atoms with van der Waals surface area (Å²) in [4.78, 5) is 53.8. The molecule has 2 aromatic heterocycles. The van der Waals surface area contributed by atoms with Crippen LogP contribution >= 0.6 is 0 Å². The lowest BCUT2D eigenvalue weighted by molar-refractivity contribution is -0.202. The van der Waals surface area contributed by atoms with E-state index in [0.29, 0.717) is 11.4 Å². The molecule has 2 aliphatic heterocycles. The number of hydrogen-bond acceptors (Lipinski definition) is 9. The number of ether oxygens (including phenoxy) is 2. The molecule has 2 bridgehead atoms. The number of pyridine rings is 2. The Bertz CT molecular complexity index is 954. The van der Waals surface area contributed by atoms with Crippen LogP contribution in [0.15, 0.2) is 48.8 Å². The number of esters is 2. The molecule has 0 amide bonds. The van der Waals surface area contributed by atoms with E-state index in [1.165, 1.54) is 14.2 Å². The third-order valence-electron chi connectivity index (χ3n) is 6.63. The van der Waals surface area contributed by atoms with Gasteiger partial charge in [0.25, 0.3) is 0 Å². The highest BCUT2D eigenvalue weighted by molar-refractivity contribution is 6.17. The maximum absolute atomic E-state index is 14.4.